The molecule has 2 nitrogen and oxygen atoms in total. The van der Waals surface area contributed by atoms with Crippen LogP contribution in [0.4, 0.5) is 4.39 Å². The standard InChI is InChI=1S/C12H13ClFNO/c1-8(2)15-12(16)7-6-9-10(13)4-3-5-11(9)14/h3-8H,1-2H3,(H,15,16)/b7-6+. The van der Waals surface area contributed by atoms with Crippen LogP contribution >= 0.6 is 11.6 Å². The smallest absolute Gasteiger partial charge is 0.244 e. The molecule has 1 aromatic carbocycles. The Labute approximate surface area is 99.1 Å². The summed E-state index contributed by atoms with van der Waals surface area (Å²) in [6.45, 7) is 3.70. The number of nitrogens with one attached hydrogen (secondary N) is 1. The number of carbonyl (C=O) groups is 1. The molecule has 0 saturated heterocycles. The predicted molar refractivity (Wildman–Crippen MR) is 63.7 cm³/mol. The molecule has 0 fully saturated rings. The minimum atomic E-state index is -0.443. The summed E-state index contributed by atoms with van der Waals surface area (Å²) in [5.74, 6) is -0.713. The van der Waals surface area contributed by atoms with Crippen molar-refractivity contribution < 1.29 is 9.18 Å². The van der Waals surface area contributed by atoms with E-state index in [0.29, 0.717) is 0 Å². The van der Waals surface area contributed by atoms with Crippen molar-refractivity contribution in [2.24, 2.45) is 0 Å². The van der Waals surface area contributed by atoms with E-state index in [9.17, 15) is 9.18 Å². The highest BCUT2D eigenvalue weighted by Crippen LogP contribution is 2.20. The number of hydrogen-bond acceptors (Lipinski definition) is 1. The summed E-state index contributed by atoms with van der Waals surface area (Å²) in [6.07, 6.45) is 2.64. The van der Waals surface area contributed by atoms with E-state index in [4.69, 9.17) is 11.6 Å². The largest absolute Gasteiger partial charge is 0.350 e. The third-order valence-corrected chi connectivity index (χ3v) is 2.16. The molecule has 1 amide bonds. The number of benzene rings is 1. The van der Waals surface area contributed by atoms with Crippen molar-refractivity contribution in [3.05, 3.63) is 40.7 Å². The van der Waals surface area contributed by atoms with Crippen LogP contribution in [0, 0.1) is 5.82 Å². The topological polar surface area (TPSA) is 29.1 Å². The zero-order chi connectivity index (χ0) is 12.1. The summed E-state index contributed by atoms with van der Waals surface area (Å²) in [5, 5.41) is 2.95. The van der Waals surface area contributed by atoms with Gasteiger partial charge in [-0.05, 0) is 32.1 Å². The summed E-state index contributed by atoms with van der Waals surface area (Å²) < 4.78 is 13.3. The van der Waals surface area contributed by atoms with Crippen LogP contribution in [0.25, 0.3) is 6.08 Å². The summed E-state index contributed by atoms with van der Waals surface area (Å²) >= 11 is 5.80. The van der Waals surface area contributed by atoms with Gasteiger partial charge in [0.2, 0.25) is 5.91 Å². The molecule has 0 radical (unpaired) electrons. The number of hydrogen-bond donors (Lipinski definition) is 1. The van der Waals surface area contributed by atoms with E-state index in [1.807, 2.05) is 13.8 Å². The van der Waals surface area contributed by atoms with Gasteiger partial charge in [-0.1, -0.05) is 17.7 Å². The van der Waals surface area contributed by atoms with Crippen LogP contribution in [0.3, 0.4) is 0 Å². The van der Waals surface area contributed by atoms with Crippen molar-refractivity contribution in [1.82, 2.24) is 5.32 Å². The van der Waals surface area contributed by atoms with Crippen LogP contribution in [0.1, 0.15) is 19.4 Å². The molecule has 0 saturated carbocycles. The van der Waals surface area contributed by atoms with Gasteiger partial charge in [-0.2, -0.15) is 0 Å². The summed E-state index contributed by atoms with van der Waals surface area (Å²) in [4.78, 5) is 11.3. The van der Waals surface area contributed by atoms with Crippen LogP contribution in [0.15, 0.2) is 24.3 Å². The Balaban J connectivity index is 2.80. The number of rotatable bonds is 3. The zero-order valence-corrected chi connectivity index (χ0v) is 9.88. The van der Waals surface area contributed by atoms with E-state index in [-0.39, 0.29) is 22.5 Å². The highest BCUT2D eigenvalue weighted by atomic mass is 35.5. The summed E-state index contributed by atoms with van der Waals surface area (Å²) in [6, 6.07) is 4.44. The lowest BCUT2D eigenvalue weighted by molar-refractivity contribution is -0.116. The van der Waals surface area contributed by atoms with E-state index in [1.165, 1.54) is 24.3 Å². The van der Waals surface area contributed by atoms with E-state index in [2.05, 4.69) is 5.32 Å². The second-order valence-electron chi connectivity index (χ2n) is 3.63. The number of carbonyl (C=O) groups excluding carboxylic acids is 1. The van der Waals surface area contributed by atoms with Crippen molar-refractivity contribution in [2.75, 3.05) is 0 Å². The lowest BCUT2D eigenvalue weighted by atomic mass is 10.2. The molecule has 86 valence electrons. The molecule has 0 atom stereocenters. The maximum absolute atomic E-state index is 13.3. The second-order valence-corrected chi connectivity index (χ2v) is 4.04. The van der Waals surface area contributed by atoms with Gasteiger partial charge < -0.3 is 5.32 Å². The van der Waals surface area contributed by atoms with E-state index >= 15 is 0 Å². The quantitative estimate of drug-likeness (QED) is 0.810. The molecule has 1 N–H and O–H groups in total. The normalized spacial score (nSPS) is 11.1. The van der Waals surface area contributed by atoms with Crippen LogP contribution in [0.5, 0.6) is 0 Å². The molecule has 4 heteroatoms. The lowest BCUT2D eigenvalue weighted by Crippen LogP contribution is -2.28. The molecule has 0 aliphatic rings. The fraction of sp³-hybridized carbons (Fsp3) is 0.250. The Hall–Kier alpha value is -1.35. The molecule has 0 spiro atoms. The third kappa shape index (κ3) is 3.66. The minimum Gasteiger partial charge on any atom is -0.350 e. The molecule has 0 aliphatic carbocycles. The van der Waals surface area contributed by atoms with Crippen molar-refractivity contribution in [3.8, 4) is 0 Å². The average Bonchev–Trinajstić information content (AvgIpc) is 2.15. The molecular weight excluding hydrogens is 229 g/mol. The van der Waals surface area contributed by atoms with Crippen LogP contribution in [0.2, 0.25) is 5.02 Å². The first kappa shape index (κ1) is 12.7. The van der Waals surface area contributed by atoms with Gasteiger partial charge >= 0.3 is 0 Å². The monoisotopic (exact) mass is 241 g/mol. The van der Waals surface area contributed by atoms with Crippen LogP contribution < -0.4 is 5.32 Å². The molecule has 0 bridgehead atoms. The van der Waals surface area contributed by atoms with Crippen LogP contribution in [-0.2, 0) is 4.79 Å². The summed E-state index contributed by atoms with van der Waals surface area (Å²) in [7, 11) is 0. The average molecular weight is 242 g/mol. The molecule has 16 heavy (non-hydrogen) atoms. The van der Waals surface area contributed by atoms with Gasteiger partial charge in [-0.3, -0.25) is 4.79 Å². The van der Waals surface area contributed by atoms with Gasteiger partial charge in [-0.15, -0.1) is 0 Å². The maximum Gasteiger partial charge on any atom is 0.244 e. The maximum atomic E-state index is 13.3. The van der Waals surface area contributed by atoms with Gasteiger partial charge in [0, 0.05) is 17.7 Å². The third-order valence-electron chi connectivity index (χ3n) is 1.83. The Morgan fingerprint density at radius 1 is 1.50 bits per heavy atom. The van der Waals surface area contributed by atoms with Crippen molar-refractivity contribution in [2.45, 2.75) is 19.9 Å². The molecular formula is C12H13ClFNO. The Bertz CT molecular complexity index is 395. The van der Waals surface area contributed by atoms with Gasteiger partial charge in [0.25, 0.3) is 0 Å². The predicted octanol–water partition coefficient (Wildman–Crippen LogP) is 3.02. The van der Waals surface area contributed by atoms with Gasteiger partial charge in [-0.25, -0.2) is 4.39 Å². The van der Waals surface area contributed by atoms with Crippen molar-refractivity contribution in [1.29, 1.82) is 0 Å². The van der Waals surface area contributed by atoms with Gasteiger partial charge in [0.15, 0.2) is 0 Å². The highest BCUT2D eigenvalue weighted by molar-refractivity contribution is 6.32. The fourth-order valence-corrected chi connectivity index (χ4v) is 1.39. The van der Waals surface area contributed by atoms with Gasteiger partial charge in [0.05, 0.1) is 5.02 Å². The van der Waals surface area contributed by atoms with E-state index < -0.39 is 5.82 Å². The summed E-state index contributed by atoms with van der Waals surface area (Å²) in [5.41, 5.74) is 0.225. The number of amides is 1. The van der Waals surface area contributed by atoms with Crippen molar-refractivity contribution in [3.63, 3.8) is 0 Å². The van der Waals surface area contributed by atoms with E-state index in [1.54, 1.807) is 6.07 Å². The molecule has 0 aliphatic heterocycles. The molecule has 0 heterocycles. The second kappa shape index (κ2) is 5.66. The van der Waals surface area contributed by atoms with Crippen LogP contribution in [-0.4, -0.2) is 11.9 Å². The highest BCUT2D eigenvalue weighted by Gasteiger charge is 2.04. The Kier molecular flexibility index (Phi) is 4.50. The minimum absolute atomic E-state index is 0.0493. The van der Waals surface area contributed by atoms with Gasteiger partial charge in [0.1, 0.15) is 5.82 Å². The molecule has 0 aromatic heterocycles. The Morgan fingerprint density at radius 2 is 2.19 bits per heavy atom. The van der Waals surface area contributed by atoms with E-state index in [0.717, 1.165) is 0 Å². The fourth-order valence-electron chi connectivity index (χ4n) is 1.16. The number of halogens is 2. The lowest BCUT2D eigenvalue weighted by Gasteiger charge is -2.04. The molecule has 1 rings (SSSR count). The zero-order valence-electron chi connectivity index (χ0n) is 9.13. The first-order valence-corrected chi connectivity index (χ1v) is 5.31. The first-order valence-electron chi connectivity index (χ1n) is 4.93. The first-order chi connectivity index (χ1) is 7.50. The molecule has 1 aromatic rings. The molecule has 0 unspecified atom stereocenters. The SMILES string of the molecule is CC(C)NC(=O)/C=C/c1c(F)cccc1Cl. The van der Waals surface area contributed by atoms with Crippen molar-refractivity contribution >= 4 is 23.6 Å². The Morgan fingerprint density at radius 3 is 2.75 bits per heavy atom.